The molecule has 1 heterocycles. The molecule has 2 N–H and O–H groups in total. The molecular weight excluding hydrogens is 570 g/mol. The van der Waals surface area contributed by atoms with Crippen LogP contribution in [0.5, 0.6) is 11.5 Å². The summed E-state index contributed by atoms with van der Waals surface area (Å²) >= 11 is 0. The van der Waals surface area contributed by atoms with Crippen LogP contribution in [0.2, 0.25) is 0 Å². The van der Waals surface area contributed by atoms with Crippen LogP contribution in [0.4, 0.5) is 0 Å². The first-order chi connectivity index (χ1) is 21.0. The lowest BCUT2D eigenvalue weighted by molar-refractivity contribution is -0.134. The molecule has 4 aromatic rings. The van der Waals surface area contributed by atoms with Gasteiger partial charge in [0.15, 0.2) is 17.8 Å². The molecule has 1 aromatic heterocycles. The molecule has 0 radical (unpaired) electrons. The molecule has 0 aliphatic rings. The standard InChI is InChI=1S/C37H39NO7/c1-21(33(41)26-14-12-24(35(43)44)19-25(26)20-39)29-15-13-23-9-8-10-30(32(23)38-29)45-31(40)16-11-22-17-27(36(2,3)4)34(42)28(18-22)37(5,6)7/h8-10,12-15,17-21,42H,11,16H2,1-7H3,(H,43,44). The molecule has 4 rings (SSSR count). The first-order valence-corrected chi connectivity index (χ1v) is 14.8. The number of Topliss-reactive ketones (excluding diaryl/α,β-unsaturated/α-hetero) is 1. The van der Waals surface area contributed by atoms with Crippen LogP contribution in [0.1, 0.15) is 114 Å². The zero-order valence-corrected chi connectivity index (χ0v) is 26.7. The normalized spacial score (nSPS) is 12.5. The van der Waals surface area contributed by atoms with Crippen LogP contribution in [-0.4, -0.2) is 39.2 Å². The SMILES string of the molecule is CC(C(=O)c1ccc(C(=O)O)cc1C=O)c1ccc2cccc(OC(=O)CCc3cc(C(C)(C)C)c(O)c(C(C)(C)C)c3)c2n1. The van der Waals surface area contributed by atoms with Gasteiger partial charge in [0.1, 0.15) is 11.3 Å². The maximum Gasteiger partial charge on any atom is 0.335 e. The Morgan fingerprint density at radius 3 is 2.13 bits per heavy atom. The van der Waals surface area contributed by atoms with Crippen molar-refractivity contribution < 1.29 is 34.1 Å². The van der Waals surface area contributed by atoms with Crippen LogP contribution in [-0.2, 0) is 22.0 Å². The molecule has 0 aliphatic heterocycles. The number of carboxylic acids is 1. The van der Waals surface area contributed by atoms with Gasteiger partial charge in [-0.1, -0.05) is 71.9 Å². The highest BCUT2D eigenvalue weighted by atomic mass is 16.5. The summed E-state index contributed by atoms with van der Waals surface area (Å²) in [6.07, 6.45) is 0.980. The van der Waals surface area contributed by atoms with E-state index in [9.17, 15) is 29.4 Å². The Labute approximate surface area is 263 Å². The molecule has 8 heteroatoms. The number of phenolic OH excluding ortho intramolecular Hbond substituents is 1. The molecule has 1 unspecified atom stereocenters. The van der Waals surface area contributed by atoms with Gasteiger partial charge in [0, 0.05) is 22.9 Å². The van der Waals surface area contributed by atoms with E-state index in [-0.39, 0.29) is 45.4 Å². The van der Waals surface area contributed by atoms with Crippen molar-refractivity contribution in [1.29, 1.82) is 0 Å². The van der Waals surface area contributed by atoms with E-state index in [0.717, 1.165) is 16.7 Å². The van der Waals surface area contributed by atoms with E-state index in [0.29, 0.717) is 29.3 Å². The summed E-state index contributed by atoms with van der Waals surface area (Å²) in [5.41, 5.74) is 2.81. The van der Waals surface area contributed by atoms with Gasteiger partial charge in [0.25, 0.3) is 0 Å². The molecule has 8 nitrogen and oxygen atoms in total. The van der Waals surface area contributed by atoms with Crippen LogP contribution >= 0.6 is 0 Å². The van der Waals surface area contributed by atoms with Crippen molar-refractivity contribution in [3.05, 3.63) is 99.7 Å². The minimum Gasteiger partial charge on any atom is -0.507 e. The highest BCUT2D eigenvalue weighted by Gasteiger charge is 2.27. The Balaban J connectivity index is 1.58. The molecule has 3 aromatic carbocycles. The molecule has 0 amide bonds. The van der Waals surface area contributed by atoms with E-state index in [4.69, 9.17) is 4.74 Å². The zero-order chi connectivity index (χ0) is 33.3. The number of nitrogens with zero attached hydrogens (tertiary/aromatic N) is 1. The topological polar surface area (TPSA) is 131 Å². The Bertz CT molecular complexity index is 1770. The number of ether oxygens (including phenoxy) is 1. The van der Waals surface area contributed by atoms with Gasteiger partial charge < -0.3 is 14.9 Å². The number of ketones is 1. The number of aromatic nitrogens is 1. The average molecular weight is 610 g/mol. The summed E-state index contributed by atoms with van der Waals surface area (Å²) in [5, 5.41) is 21.0. The maximum atomic E-state index is 13.4. The number of aryl methyl sites for hydroxylation is 1. The molecule has 0 saturated heterocycles. The second-order valence-corrected chi connectivity index (χ2v) is 13.4. The maximum absolute atomic E-state index is 13.4. The fraction of sp³-hybridized carbons (Fsp3) is 0.324. The molecule has 0 bridgehead atoms. The predicted molar refractivity (Wildman–Crippen MR) is 173 cm³/mol. The van der Waals surface area contributed by atoms with Gasteiger partial charge in [-0.05, 0) is 71.2 Å². The van der Waals surface area contributed by atoms with Gasteiger partial charge in [-0.15, -0.1) is 0 Å². The number of phenols is 1. The van der Waals surface area contributed by atoms with Gasteiger partial charge in [-0.2, -0.15) is 0 Å². The zero-order valence-electron chi connectivity index (χ0n) is 26.7. The largest absolute Gasteiger partial charge is 0.507 e. The van der Waals surface area contributed by atoms with Crippen molar-refractivity contribution in [3.8, 4) is 11.5 Å². The van der Waals surface area contributed by atoms with Gasteiger partial charge in [-0.3, -0.25) is 14.4 Å². The number of fused-ring (bicyclic) bond motifs is 1. The van der Waals surface area contributed by atoms with Crippen LogP contribution in [0, 0.1) is 0 Å². The first kappa shape index (κ1) is 33.1. The molecule has 0 spiro atoms. The second kappa shape index (κ2) is 12.6. The van der Waals surface area contributed by atoms with Crippen molar-refractivity contribution in [2.24, 2.45) is 0 Å². The highest BCUT2D eigenvalue weighted by molar-refractivity contribution is 6.07. The number of rotatable bonds is 9. The number of hydrogen-bond donors (Lipinski definition) is 2. The average Bonchev–Trinajstić information content (AvgIpc) is 2.98. The molecule has 45 heavy (non-hydrogen) atoms. The number of pyridine rings is 1. The number of carbonyl (C=O) groups is 4. The fourth-order valence-corrected chi connectivity index (χ4v) is 5.25. The quantitative estimate of drug-likeness (QED) is 0.0860. The number of aldehydes is 1. The number of aromatic hydroxyl groups is 1. The monoisotopic (exact) mass is 609 g/mol. The summed E-state index contributed by atoms with van der Waals surface area (Å²) in [6, 6.07) is 16.4. The molecular formula is C37H39NO7. The summed E-state index contributed by atoms with van der Waals surface area (Å²) < 4.78 is 5.78. The number of para-hydroxylation sites is 1. The smallest absolute Gasteiger partial charge is 0.335 e. The number of aromatic carboxylic acids is 1. The third-order valence-corrected chi connectivity index (χ3v) is 7.86. The van der Waals surface area contributed by atoms with Gasteiger partial charge in [0.2, 0.25) is 0 Å². The van der Waals surface area contributed by atoms with E-state index >= 15 is 0 Å². The lowest BCUT2D eigenvalue weighted by Crippen LogP contribution is -2.18. The summed E-state index contributed by atoms with van der Waals surface area (Å²) in [7, 11) is 0. The number of carboxylic acid groups (broad SMARTS) is 1. The third-order valence-electron chi connectivity index (χ3n) is 7.86. The lowest BCUT2D eigenvalue weighted by Gasteiger charge is -2.28. The summed E-state index contributed by atoms with van der Waals surface area (Å²) in [5.74, 6) is -2.27. The van der Waals surface area contributed by atoms with E-state index < -0.39 is 23.6 Å². The Hall–Kier alpha value is -4.85. The van der Waals surface area contributed by atoms with Gasteiger partial charge >= 0.3 is 11.9 Å². The number of carbonyl (C=O) groups excluding carboxylic acids is 3. The molecule has 0 aliphatic carbocycles. The highest BCUT2D eigenvalue weighted by Crippen LogP contribution is 2.40. The van der Waals surface area contributed by atoms with Crippen LogP contribution < -0.4 is 4.74 Å². The van der Waals surface area contributed by atoms with Crippen molar-refractivity contribution >= 4 is 34.9 Å². The Morgan fingerprint density at radius 2 is 1.56 bits per heavy atom. The minimum atomic E-state index is -1.20. The Kier molecular flexibility index (Phi) is 9.28. The minimum absolute atomic E-state index is 0.0139. The Morgan fingerprint density at radius 1 is 0.911 bits per heavy atom. The fourth-order valence-electron chi connectivity index (χ4n) is 5.25. The van der Waals surface area contributed by atoms with Gasteiger partial charge in [-0.25, -0.2) is 9.78 Å². The van der Waals surface area contributed by atoms with E-state index in [1.807, 2.05) is 59.7 Å². The molecule has 0 fully saturated rings. The van der Waals surface area contributed by atoms with Crippen molar-refractivity contribution in [1.82, 2.24) is 4.98 Å². The third kappa shape index (κ3) is 7.28. The van der Waals surface area contributed by atoms with Crippen molar-refractivity contribution in [3.63, 3.8) is 0 Å². The second-order valence-electron chi connectivity index (χ2n) is 13.4. The summed E-state index contributed by atoms with van der Waals surface area (Å²) in [6.45, 7) is 13.9. The first-order valence-electron chi connectivity index (χ1n) is 14.8. The van der Waals surface area contributed by atoms with E-state index in [1.165, 1.54) is 18.2 Å². The molecule has 0 saturated carbocycles. The number of hydrogen-bond acceptors (Lipinski definition) is 7. The van der Waals surface area contributed by atoms with Crippen LogP contribution in [0.3, 0.4) is 0 Å². The van der Waals surface area contributed by atoms with E-state index in [2.05, 4.69) is 4.98 Å². The molecule has 234 valence electrons. The van der Waals surface area contributed by atoms with Crippen molar-refractivity contribution in [2.45, 2.75) is 78.1 Å². The van der Waals surface area contributed by atoms with Gasteiger partial charge in [0.05, 0.1) is 17.2 Å². The summed E-state index contributed by atoms with van der Waals surface area (Å²) in [4.78, 5) is 54.1. The van der Waals surface area contributed by atoms with Crippen molar-refractivity contribution in [2.75, 3.05) is 0 Å². The van der Waals surface area contributed by atoms with Crippen LogP contribution in [0.25, 0.3) is 10.9 Å². The number of benzene rings is 3. The number of esters is 1. The predicted octanol–water partition coefficient (Wildman–Crippen LogP) is 7.57. The molecule has 1 atom stereocenters. The lowest BCUT2D eigenvalue weighted by atomic mass is 9.78. The van der Waals surface area contributed by atoms with E-state index in [1.54, 1.807) is 31.2 Å². The van der Waals surface area contributed by atoms with Crippen LogP contribution in [0.15, 0.2) is 60.7 Å².